The standard InChI is InChI=1S/C30H29F2N5O2S/c1-30(2,3)28-26-27(22-8-4-5-9-23(22)32)40-18-25(39)36(17-24(38)34-16-19-7-6-14-33-15-19)29(26)37(35-28)21-12-10-20(31)11-13-21/h4-15,27H,16-18H2,1-3H3,(H,34,38)/t27-/m1/s1. The molecule has 0 fully saturated rings. The summed E-state index contributed by atoms with van der Waals surface area (Å²) in [6, 6.07) is 15.9. The Morgan fingerprint density at radius 3 is 2.50 bits per heavy atom. The van der Waals surface area contributed by atoms with Crippen molar-refractivity contribution in [3.8, 4) is 5.69 Å². The van der Waals surface area contributed by atoms with Gasteiger partial charge in [-0.2, -0.15) is 5.10 Å². The topological polar surface area (TPSA) is 80.1 Å². The number of amides is 2. The lowest BCUT2D eigenvalue weighted by Gasteiger charge is -2.24. The van der Waals surface area contributed by atoms with E-state index < -0.39 is 22.3 Å². The molecule has 40 heavy (non-hydrogen) atoms. The lowest BCUT2D eigenvalue weighted by molar-refractivity contribution is -0.123. The summed E-state index contributed by atoms with van der Waals surface area (Å²) < 4.78 is 30.7. The normalized spacial score (nSPS) is 15.5. The molecular weight excluding hydrogens is 532 g/mol. The third-order valence-corrected chi connectivity index (χ3v) is 7.81. The Morgan fingerprint density at radius 1 is 1.07 bits per heavy atom. The van der Waals surface area contributed by atoms with Crippen LogP contribution in [0.4, 0.5) is 14.6 Å². The minimum atomic E-state index is -0.563. The van der Waals surface area contributed by atoms with E-state index in [4.69, 9.17) is 5.10 Å². The van der Waals surface area contributed by atoms with Gasteiger partial charge >= 0.3 is 0 Å². The van der Waals surface area contributed by atoms with Gasteiger partial charge < -0.3 is 5.32 Å². The number of rotatable bonds is 6. The van der Waals surface area contributed by atoms with Crippen molar-refractivity contribution in [3.63, 3.8) is 0 Å². The maximum absolute atomic E-state index is 15.2. The van der Waals surface area contributed by atoms with E-state index in [0.717, 1.165) is 5.56 Å². The summed E-state index contributed by atoms with van der Waals surface area (Å²) in [5.41, 5.74) is 2.57. The number of halogens is 2. The van der Waals surface area contributed by atoms with Gasteiger partial charge in [-0.1, -0.05) is 45.0 Å². The summed E-state index contributed by atoms with van der Waals surface area (Å²) >= 11 is 1.30. The fourth-order valence-electron chi connectivity index (χ4n) is 4.67. The molecule has 0 aliphatic carbocycles. The van der Waals surface area contributed by atoms with Crippen molar-refractivity contribution in [3.05, 3.63) is 107 Å². The predicted octanol–water partition coefficient (Wildman–Crippen LogP) is 5.33. The number of hydrogen-bond acceptors (Lipinski definition) is 5. The lowest BCUT2D eigenvalue weighted by Crippen LogP contribution is -2.42. The third-order valence-electron chi connectivity index (χ3n) is 6.57. The third kappa shape index (κ3) is 5.62. The summed E-state index contributed by atoms with van der Waals surface area (Å²) in [6.45, 7) is 5.95. The van der Waals surface area contributed by atoms with Gasteiger partial charge in [-0.25, -0.2) is 13.5 Å². The van der Waals surface area contributed by atoms with Crippen molar-refractivity contribution in [2.75, 3.05) is 17.2 Å². The van der Waals surface area contributed by atoms with Gasteiger partial charge in [0.15, 0.2) is 0 Å². The Hall–Kier alpha value is -4.05. The molecule has 5 rings (SSSR count). The Balaban J connectivity index is 1.66. The second-order valence-electron chi connectivity index (χ2n) is 10.6. The first-order chi connectivity index (χ1) is 19.1. The highest BCUT2D eigenvalue weighted by Crippen LogP contribution is 2.48. The number of pyridine rings is 1. The molecule has 3 heterocycles. The molecule has 1 aliphatic rings. The first-order valence-corrected chi connectivity index (χ1v) is 13.9. The molecule has 2 amide bonds. The van der Waals surface area contributed by atoms with Gasteiger partial charge in [0.25, 0.3) is 0 Å². The van der Waals surface area contributed by atoms with E-state index in [1.165, 1.54) is 34.9 Å². The molecule has 1 atom stereocenters. The summed E-state index contributed by atoms with van der Waals surface area (Å²) in [5.74, 6) is -1.10. The van der Waals surface area contributed by atoms with Crippen LogP contribution in [0.5, 0.6) is 0 Å². The number of benzene rings is 2. The van der Waals surface area contributed by atoms with Crippen LogP contribution in [0.25, 0.3) is 5.69 Å². The van der Waals surface area contributed by atoms with Gasteiger partial charge in [-0.3, -0.25) is 19.5 Å². The number of carbonyl (C=O) groups is 2. The average molecular weight is 562 g/mol. The monoisotopic (exact) mass is 561 g/mol. The largest absolute Gasteiger partial charge is 0.350 e. The number of thioether (sulfide) groups is 1. The zero-order chi connectivity index (χ0) is 28.4. The van der Waals surface area contributed by atoms with Crippen LogP contribution in [-0.2, 0) is 21.5 Å². The first-order valence-electron chi connectivity index (χ1n) is 12.8. The molecule has 0 radical (unpaired) electrons. The van der Waals surface area contributed by atoms with Crippen molar-refractivity contribution in [1.29, 1.82) is 0 Å². The van der Waals surface area contributed by atoms with E-state index in [1.807, 2.05) is 26.8 Å². The van der Waals surface area contributed by atoms with E-state index in [1.54, 1.807) is 53.5 Å². The van der Waals surface area contributed by atoms with Gasteiger partial charge in [-0.15, -0.1) is 11.8 Å². The van der Waals surface area contributed by atoms with Crippen LogP contribution in [0.1, 0.15) is 48.4 Å². The van der Waals surface area contributed by atoms with E-state index in [9.17, 15) is 14.0 Å². The second kappa shape index (κ2) is 11.2. The van der Waals surface area contributed by atoms with Crippen LogP contribution >= 0.6 is 11.8 Å². The SMILES string of the molecule is CC(C)(C)c1nn(-c2ccc(F)cc2)c2c1[C@@H](c1ccccc1F)SCC(=O)N2CC(=O)NCc1cccnc1. The van der Waals surface area contributed by atoms with Crippen LogP contribution in [0.3, 0.4) is 0 Å². The minimum Gasteiger partial charge on any atom is -0.350 e. The lowest BCUT2D eigenvalue weighted by atomic mass is 9.87. The number of anilines is 1. The molecule has 7 nitrogen and oxygen atoms in total. The Morgan fingerprint density at radius 2 is 1.82 bits per heavy atom. The summed E-state index contributed by atoms with van der Waals surface area (Å²) in [6.07, 6.45) is 3.31. The van der Waals surface area contributed by atoms with Crippen LogP contribution in [0, 0.1) is 11.6 Å². The Labute approximate surface area is 235 Å². The molecule has 1 N–H and O–H groups in total. The highest BCUT2D eigenvalue weighted by atomic mass is 32.2. The molecule has 0 unspecified atom stereocenters. The summed E-state index contributed by atoms with van der Waals surface area (Å²) in [4.78, 5) is 32.3. The average Bonchev–Trinajstić information content (AvgIpc) is 3.27. The molecule has 206 valence electrons. The zero-order valence-electron chi connectivity index (χ0n) is 22.4. The smallest absolute Gasteiger partial charge is 0.240 e. The van der Waals surface area contributed by atoms with Gasteiger partial charge in [0.05, 0.1) is 22.4 Å². The number of hydrogen-bond donors (Lipinski definition) is 1. The molecule has 1 aliphatic heterocycles. The van der Waals surface area contributed by atoms with Gasteiger partial charge in [-0.05, 0) is 42.0 Å². The summed E-state index contributed by atoms with van der Waals surface area (Å²) in [7, 11) is 0. The van der Waals surface area contributed by atoms with Crippen molar-refractivity contribution in [2.45, 2.75) is 38.0 Å². The fourth-order valence-corrected chi connectivity index (χ4v) is 5.89. The van der Waals surface area contributed by atoms with Crippen LogP contribution < -0.4 is 10.2 Å². The molecular formula is C30H29F2N5O2S. The van der Waals surface area contributed by atoms with E-state index >= 15 is 4.39 Å². The number of nitrogens with one attached hydrogen (secondary N) is 1. The first kappa shape index (κ1) is 27.5. The number of fused-ring (bicyclic) bond motifs is 1. The highest BCUT2D eigenvalue weighted by molar-refractivity contribution is 8.00. The molecule has 0 bridgehead atoms. The number of carbonyl (C=O) groups excluding carboxylic acids is 2. The van der Waals surface area contributed by atoms with Crippen LogP contribution in [0.2, 0.25) is 0 Å². The fraction of sp³-hybridized carbons (Fsp3) is 0.267. The van der Waals surface area contributed by atoms with E-state index in [-0.39, 0.29) is 30.7 Å². The van der Waals surface area contributed by atoms with Crippen LogP contribution in [0.15, 0.2) is 73.1 Å². The maximum atomic E-state index is 15.2. The Kier molecular flexibility index (Phi) is 7.71. The quantitative estimate of drug-likeness (QED) is 0.344. The molecule has 0 spiro atoms. The van der Waals surface area contributed by atoms with Crippen molar-refractivity contribution >= 4 is 29.4 Å². The highest BCUT2D eigenvalue weighted by Gasteiger charge is 2.40. The minimum absolute atomic E-state index is 0.0244. The second-order valence-corrected chi connectivity index (χ2v) is 11.6. The predicted molar refractivity (Wildman–Crippen MR) is 151 cm³/mol. The Bertz CT molecular complexity index is 1530. The molecule has 0 saturated heterocycles. The maximum Gasteiger partial charge on any atom is 0.240 e. The van der Waals surface area contributed by atoms with Crippen molar-refractivity contribution in [1.82, 2.24) is 20.1 Å². The van der Waals surface area contributed by atoms with Gasteiger partial charge in [0.1, 0.15) is 24.0 Å². The summed E-state index contributed by atoms with van der Waals surface area (Å²) in [5, 5.41) is 7.21. The van der Waals surface area contributed by atoms with E-state index in [2.05, 4.69) is 10.3 Å². The molecule has 2 aromatic carbocycles. The van der Waals surface area contributed by atoms with Gasteiger partial charge in [0, 0.05) is 35.5 Å². The molecule has 2 aromatic heterocycles. The van der Waals surface area contributed by atoms with Crippen molar-refractivity contribution < 1.29 is 18.4 Å². The molecule has 10 heteroatoms. The van der Waals surface area contributed by atoms with Gasteiger partial charge in [0.2, 0.25) is 11.8 Å². The molecule has 4 aromatic rings. The molecule has 0 saturated carbocycles. The van der Waals surface area contributed by atoms with E-state index in [0.29, 0.717) is 28.3 Å². The van der Waals surface area contributed by atoms with Crippen LogP contribution in [-0.4, -0.2) is 38.9 Å². The number of nitrogens with zero attached hydrogens (tertiary/aromatic N) is 4. The van der Waals surface area contributed by atoms with Crippen molar-refractivity contribution in [2.24, 2.45) is 0 Å². The number of aromatic nitrogens is 3. The zero-order valence-corrected chi connectivity index (χ0v) is 23.2.